The molecule has 0 radical (unpaired) electrons. The van der Waals surface area contributed by atoms with Gasteiger partial charge in [-0.05, 0) is 57.1 Å². The van der Waals surface area contributed by atoms with Gasteiger partial charge in [-0.2, -0.15) is 5.10 Å². The van der Waals surface area contributed by atoms with E-state index in [2.05, 4.69) is 40.3 Å². The third-order valence-electron chi connectivity index (χ3n) is 4.39. The molecule has 0 aromatic carbocycles. The summed E-state index contributed by atoms with van der Waals surface area (Å²) in [5, 5.41) is 7.89. The third kappa shape index (κ3) is 4.70. The van der Waals surface area contributed by atoms with Crippen molar-refractivity contribution in [2.45, 2.75) is 39.3 Å². The zero-order chi connectivity index (χ0) is 17.6. The Kier molecular flexibility index (Phi) is 5.88. The van der Waals surface area contributed by atoms with Gasteiger partial charge < -0.3 is 19.0 Å². The highest BCUT2D eigenvalue weighted by Gasteiger charge is 2.15. The van der Waals surface area contributed by atoms with Crippen LogP contribution in [0.5, 0.6) is 0 Å². The normalized spacial score (nSPS) is 17.3. The first-order valence-electron chi connectivity index (χ1n) is 8.51. The second-order valence-electron chi connectivity index (χ2n) is 6.21. The maximum Gasteiger partial charge on any atom is 0.187 e. The summed E-state index contributed by atoms with van der Waals surface area (Å²) in [6.07, 6.45) is 5.95. The molecule has 6 nitrogen and oxygen atoms in total. The summed E-state index contributed by atoms with van der Waals surface area (Å²) in [4.78, 5) is 0. The van der Waals surface area contributed by atoms with Crippen molar-refractivity contribution in [1.29, 1.82) is 0 Å². The van der Waals surface area contributed by atoms with Crippen LogP contribution in [-0.4, -0.2) is 35.1 Å². The minimum atomic E-state index is 0.254. The van der Waals surface area contributed by atoms with Crippen LogP contribution in [0.3, 0.4) is 0 Å². The van der Waals surface area contributed by atoms with E-state index in [4.69, 9.17) is 21.4 Å². The van der Waals surface area contributed by atoms with Gasteiger partial charge in [0.15, 0.2) is 5.11 Å². The molecule has 3 heterocycles. The molecule has 7 heteroatoms. The predicted octanol–water partition coefficient (Wildman–Crippen LogP) is 2.72. The van der Waals surface area contributed by atoms with Gasteiger partial charge in [0.2, 0.25) is 0 Å². The van der Waals surface area contributed by atoms with Crippen molar-refractivity contribution in [1.82, 2.24) is 15.3 Å². The van der Waals surface area contributed by atoms with Gasteiger partial charge in [-0.25, -0.2) is 0 Å². The highest BCUT2D eigenvalue weighted by molar-refractivity contribution is 7.80. The number of aromatic nitrogens is 1. The molecule has 1 saturated heterocycles. The van der Waals surface area contributed by atoms with E-state index in [-0.39, 0.29) is 6.10 Å². The molecule has 0 bridgehead atoms. The van der Waals surface area contributed by atoms with Crippen LogP contribution in [0.2, 0.25) is 0 Å². The monoisotopic (exact) mass is 360 g/mol. The Morgan fingerprint density at radius 1 is 1.48 bits per heavy atom. The van der Waals surface area contributed by atoms with Gasteiger partial charge in [-0.1, -0.05) is 0 Å². The molecule has 1 fully saturated rings. The highest BCUT2D eigenvalue weighted by atomic mass is 32.1. The number of nitrogens with zero attached hydrogens (tertiary/aromatic N) is 2. The lowest BCUT2D eigenvalue weighted by atomic mass is 10.2. The van der Waals surface area contributed by atoms with E-state index in [9.17, 15) is 0 Å². The standard InChI is InChI=1S/C18H24N4O2S/c1-13-9-15(14(2)22(13)12-17-6-4-8-24-17)10-20-21-18(25)19-11-16-5-3-7-23-16/h4,6,8-10,16H,3,5,7,11-12H2,1-2H3,(H2,19,21,25)/b20-10-/t16-/m1/s1. The Morgan fingerprint density at radius 2 is 2.36 bits per heavy atom. The number of hydrazone groups is 1. The summed E-state index contributed by atoms with van der Waals surface area (Å²) in [7, 11) is 0. The number of nitrogens with one attached hydrogen (secondary N) is 2. The summed E-state index contributed by atoms with van der Waals surface area (Å²) < 4.78 is 13.2. The zero-order valence-electron chi connectivity index (χ0n) is 14.6. The van der Waals surface area contributed by atoms with Gasteiger partial charge in [-0.3, -0.25) is 5.43 Å². The summed E-state index contributed by atoms with van der Waals surface area (Å²) in [6.45, 7) is 6.43. The smallest absolute Gasteiger partial charge is 0.187 e. The first kappa shape index (κ1) is 17.7. The van der Waals surface area contributed by atoms with E-state index in [0.29, 0.717) is 11.7 Å². The molecule has 2 N–H and O–H groups in total. The van der Waals surface area contributed by atoms with Crippen molar-refractivity contribution in [2.75, 3.05) is 13.2 Å². The summed E-state index contributed by atoms with van der Waals surface area (Å²) in [5.41, 5.74) is 6.22. The number of aryl methyl sites for hydroxylation is 1. The van der Waals surface area contributed by atoms with Crippen LogP contribution >= 0.6 is 12.2 Å². The summed E-state index contributed by atoms with van der Waals surface area (Å²) in [6, 6.07) is 5.99. The number of rotatable bonds is 6. The van der Waals surface area contributed by atoms with E-state index >= 15 is 0 Å². The molecule has 3 rings (SSSR count). The first-order valence-corrected chi connectivity index (χ1v) is 8.92. The number of ether oxygens (including phenoxy) is 1. The van der Waals surface area contributed by atoms with Crippen LogP contribution in [0.4, 0.5) is 0 Å². The van der Waals surface area contributed by atoms with Crippen LogP contribution < -0.4 is 10.7 Å². The number of hydrogen-bond acceptors (Lipinski definition) is 4. The van der Waals surface area contributed by atoms with Crippen LogP contribution in [0.25, 0.3) is 0 Å². The lowest BCUT2D eigenvalue weighted by Gasteiger charge is -2.11. The van der Waals surface area contributed by atoms with Crippen molar-refractivity contribution in [3.8, 4) is 0 Å². The van der Waals surface area contributed by atoms with Gasteiger partial charge in [0.1, 0.15) is 5.76 Å². The van der Waals surface area contributed by atoms with Crippen LogP contribution in [0.1, 0.15) is 35.6 Å². The zero-order valence-corrected chi connectivity index (χ0v) is 15.4. The highest BCUT2D eigenvalue weighted by Crippen LogP contribution is 2.16. The van der Waals surface area contributed by atoms with Crippen LogP contribution in [0.15, 0.2) is 34.0 Å². The molecule has 0 amide bonds. The molecule has 0 aliphatic carbocycles. The van der Waals surface area contributed by atoms with Crippen molar-refractivity contribution in [3.63, 3.8) is 0 Å². The Labute approximate surface area is 153 Å². The topological polar surface area (TPSA) is 63.7 Å². The minimum Gasteiger partial charge on any atom is -0.467 e. The SMILES string of the molecule is Cc1cc(/C=N\NC(=S)NC[C@H]2CCCO2)c(C)n1Cc1ccco1. The fraction of sp³-hybridized carbons (Fsp3) is 0.444. The molecule has 2 aromatic heterocycles. The molecule has 0 saturated carbocycles. The van der Waals surface area contributed by atoms with Gasteiger partial charge in [0.05, 0.1) is 25.1 Å². The Morgan fingerprint density at radius 3 is 3.08 bits per heavy atom. The lowest BCUT2D eigenvalue weighted by Crippen LogP contribution is -2.37. The van der Waals surface area contributed by atoms with Crippen molar-refractivity contribution >= 4 is 23.5 Å². The maximum atomic E-state index is 5.55. The fourth-order valence-electron chi connectivity index (χ4n) is 2.97. The molecule has 1 atom stereocenters. The number of hydrogen-bond donors (Lipinski definition) is 2. The largest absolute Gasteiger partial charge is 0.467 e. The van der Waals surface area contributed by atoms with Crippen LogP contribution in [0, 0.1) is 13.8 Å². The van der Waals surface area contributed by atoms with Crippen molar-refractivity contribution in [3.05, 3.63) is 47.2 Å². The van der Waals surface area contributed by atoms with Gasteiger partial charge in [0.25, 0.3) is 0 Å². The van der Waals surface area contributed by atoms with E-state index in [1.54, 1.807) is 12.5 Å². The Balaban J connectivity index is 1.53. The second kappa shape index (κ2) is 8.31. The molecule has 2 aromatic rings. The average molecular weight is 360 g/mol. The summed E-state index contributed by atoms with van der Waals surface area (Å²) in [5.74, 6) is 0.933. The summed E-state index contributed by atoms with van der Waals surface area (Å²) >= 11 is 5.24. The molecule has 0 unspecified atom stereocenters. The molecule has 1 aliphatic rings. The third-order valence-corrected chi connectivity index (χ3v) is 4.63. The average Bonchev–Trinajstić information content (AvgIpc) is 3.33. The molecule has 0 spiro atoms. The van der Waals surface area contributed by atoms with Gasteiger partial charge >= 0.3 is 0 Å². The van der Waals surface area contributed by atoms with Gasteiger partial charge in [0, 0.05) is 30.1 Å². The fourth-order valence-corrected chi connectivity index (χ4v) is 3.11. The van der Waals surface area contributed by atoms with E-state index in [0.717, 1.165) is 48.7 Å². The molecule has 1 aliphatic heterocycles. The van der Waals surface area contributed by atoms with E-state index in [1.165, 1.54) is 0 Å². The second-order valence-corrected chi connectivity index (χ2v) is 6.62. The van der Waals surface area contributed by atoms with Crippen molar-refractivity contribution in [2.24, 2.45) is 5.10 Å². The predicted molar refractivity (Wildman–Crippen MR) is 102 cm³/mol. The molecular formula is C18H24N4O2S. The first-order chi connectivity index (χ1) is 12.1. The van der Waals surface area contributed by atoms with E-state index in [1.807, 2.05) is 12.1 Å². The Hall–Kier alpha value is -2.12. The molecular weight excluding hydrogens is 336 g/mol. The van der Waals surface area contributed by atoms with Crippen molar-refractivity contribution < 1.29 is 9.15 Å². The number of thiocarbonyl (C=S) groups is 1. The minimum absolute atomic E-state index is 0.254. The maximum absolute atomic E-state index is 5.55. The molecule has 134 valence electrons. The Bertz CT molecular complexity index is 731. The number of furan rings is 1. The quantitative estimate of drug-likeness (QED) is 0.471. The van der Waals surface area contributed by atoms with Crippen LogP contribution in [-0.2, 0) is 11.3 Å². The van der Waals surface area contributed by atoms with Gasteiger partial charge in [-0.15, -0.1) is 0 Å². The lowest BCUT2D eigenvalue weighted by molar-refractivity contribution is 0.114. The van der Waals surface area contributed by atoms with E-state index < -0.39 is 0 Å². The molecule has 25 heavy (non-hydrogen) atoms.